The van der Waals surface area contributed by atoms with E-state index < -0.39 is 5.97 Å². The van der Waals surface area contributed by atoms with Crippen molar-refractivity contribution >= 4 is 12.0 Å². The summed E-state index contributed by atoms with van der Waals surface area (Å²) in [7, 11) is 0. The third-order valence-electron chi connectivity index (χ3n) is 3.20. The lowest BCUT2D eigenvalue weighted by Gasteiger charge is -2.24. The van der Waals surface area contributed by atoms with Crippen LogP contribution in [0.4, 0.5) is 4.79 Å². The molecule has 19 heavy (non-hydrogen) atoms. The van der Waals surface area contributed by atoms with Crippen molar-refractivity contribution in [1.82, 2.24) is 10.6 Å². The van der Waals surface area contributed by atoms with Gasteiger partial charge in [0, 0.05) is 19.0 Å². The maximum absolute atomic E-state index is 11.6. The minimum Gasteiger partial charge on any atom is -0.481 e. The Bertz CT molecular complexity index is 290. The molecule has 0 fully saturated rings. The molecule has 0 radical (unpaired) electrons. The predicted molar refractivity (Wildman–Crippen MR) is 76.2 cm³/mol. The summed E-state index contributed by atoms with van der Waals surface area (Å²) in [5, 5.41) is 14.4. The van der Waals surface area contributed by atoms with Crippen LogP contribution in [0, 0.1) is 5.41 Å². The standard InChI is InChI=1S/C14H28N2O3/c1-5-6-11(2)16-13(19)15-10-9-14(3,4)8-7-12(17)18/h11H,5-10H2,1-4H3,(H,17,18)(H2,15,16,19). The van der Waals surface area contributed by atoms with E-state index in [1.165, 1.54) is 0 Å². The number of carboxylic acids is 1. The van der Waals surface area contributed by atoms with Crippen molar-refractivity contribution in [3.8, 4) is 0 Å². The smallest absolute Gasteiger partial charge is 0.314 e. The van der Waals surface area contributed by atoms with E-state index in [2.05, 4.69) is 17.6 Å². The molecule has 0 saturated heterocycles. The van der Waals surface area contributed by atoms with Crippen molar-refractivity contribution < 1.29 is 14.7 Å². The minimum atomic E-state index is -0.771. The molecule has 3 N–H and O–H groups in total. The number of rotatable bonds is 9. The van der Waals surface area contributed by atoms with Gasteiger partial charge < -0.3 is 15.7 Å². The molecule has 0 aromatic carbocycles. The zero-order valence-corrected chi connectivity index (χ0v) is 12.6. The van der Waals surface area contributed by atoms with Crippen LogP contribution in [0.1, 0.15) is 59.8 Å². The number of hydrogen-bond donors (Lipinski definition) is 3. The molecule has 0 aromatic heterocycles. The Balaban J connectivity index is 3.82. The van der Waals surface area contributed by atoms with Gasteiger partial charge in [0.15, 0.2) is 0 Å². The molecule has 0 bridgehead atoms. The molecule has 0 aromatic rings. The molecule has 1 atom stereocenters. The van der Waals surface area contributed by atoms with Crippen molar-refractivity contribution in [2.45, 2.75) is 65.8 Å². The van der Waals surface area contributed by atoms with E-state index in [1.807, 2.05) is 20.8 Å². The zero-order chi connectivity index (χ0) is 14.9. The van der Waals surface area contributed by atoms with Crippen LogP contribution < -0.4 is 10.6 Å². The SMILES string of the molecule is CCCC(C)NC(=O)NCCC(C)(C)CCC(=O)O. The van der Waals surface area contributed by atoms with Gasteiger partial charge in [-0.15, -0.1) is 0 Å². The van der Waals surface area contributed by atoms with Crippen LogP contribution in [-0.2, 0) is 4.79 Å². The van der Waals surface area contributed by atoms with Gasteiger partial charge in [-0.1, -0.05) is 27.2 Å². The minimum absolute atomic E-state index is 0.0687. The van der Waals surface area contributed by atoms with Crippen LogP contribution in [0.5, 0.6) is 0 Å². The Morgan fingerprint density at radius 2 is 1.89 bits per heavy atom. The number of carboxylic acid groups (broad SMARTS) is 1. The molecule has 5 heteroatoms. The van der Waals surface area contributed by atoms with Crippen LogP contribution in [0.25, 0.3) is 0 Å². The predicted octanol–water partition coefficient (Wildman–Crippen LogP) is 2.76. The second-order valence-electron chi connectivity index (χ2n) is 5.90. The summed E-state index contributed by atoms with van der Waals surface area (Å²) < 4.78 is 0. The monoisotopic (exact) mass is 272 g/mol. The lowest BCUT2D eigenvalue weighted by atomic mass is 9.84. The molecule has 0 aliphatic heterocycles. The van der Waals surface area contributed by atoms with Gasteiger partial charge >= 0.3 is 12.0 Å². The molecular weight excluding hydrogens is 244 g/mol. The number of aliphatic carboxylic acids is 1. The summed E-state index contributed by atoms with van der Waals surface area (Å²) in [5.41, 5.74) is -0.0687. The fourth-order valence-electron chi connectivity index (χ4n) is 1.86. The van der Waals surface area contributed by atoms with E-state index in [0.717, 1.165) is 19.3 Å². The maximum atomic E-state index is 11.6. The third kappa shape index (κ3) is 10.4. The lowest BCUT2D eigenvalue weighted by Crippen LogP contribution is -2.41. The first-order valence-electron chi connectivity index (χ1n) is 7.03. The molecule has 0 saturated carbocycles. The van der Waals surface area contributed by atoms with Gasteiger partial charge in [0.2, 0.25) is 0 Å². The van der Waals surface area contributed by atoms with Gasteiger partial charge in [-0.25, -0.2) is 4.79 Å². The summed E-state index contributed by atoms with van der Waals surface area (Å²) in [6, 6.07) is 0.0417. The molecule has 112 valence electrons. The first-order chi connectivity index (χ1) is 8.76. The lowest BCUT2D eigenvalue weighted by molar-refractivity contribution is -0.137. The molecule has 0 aliphatic carbocycles. The quantitative estimate of drug-likeness (QED) is 0.604. The van der Waals surface area contributed by atoms with Crippen LogP contribution in [-0.4, -0.2) is 29.7 Å². The number of nitrogens with one attached hydrogen (secondary N) is 2. The molecule has 5 nitrogen and oxygen atoms in total. The number of hydrogen-bond acceptors (Lipinski definition) is 2. The topological polar surface area (TPSA) is 78.4 Å². The van der Waals surface area contributed by atoms with Gasteiger partial charge in [-0.2, -0.15) is 0 Å². The Hall–Kier alpha value is -1.26. The van der Waals surface area contributed by atoms with Crippen LogP contribution in [0.2, 0.25) is 0 Å². The molecular formula is C14H28N2O3. The molecule has 2 amide bonds. The first kappa shape index (κ1) is 17.7. The molecule has 1 unspecified atom stereocenters. The van der Waals surface area contributed by atoms with E-state index in [9.17, 15) is 9.59 Å². The molecule has 0 rings (SSSR count). The summed E-state index contributed by atoms with van der Waals surface area (Å²) in [5.74, 6) is -0.771. The van der Waals surface area contributed by atoms with E-state index in [4.69, 9.17) is 5.11 Å². The van der Waals surface area contributed by atoms with Crippen molar-refractivity contribution in [3.05, 3.63) is 0 Å². The Morgan fingerprint density at radius 1 is 1.26 bits per heavy atom. The van der Waals surface area contributed by atoms with E-state index >= 15 is 0 Å². The van der Waals surface area contributed by atoms with E-state index in [0.29, 0.717) is 13.0 Å². The highest BCUT2D eigenvalue weighted by molar-refractivity contribution is 5.74. The molecule has 0 heterocycles. The van der Waals surface area contributed by atoms with Crippen molar-refractivity contribution in [2.75, 3.05) is 6.54 Å². The summed E-state index contributed by atoms with van der Waals surface area (Å²) in [4.78, 5) is 22.1. The average Bonchev–Trinajstić information content (AvgIpc) is 2.26. The summed E-state index contributed by atoms with van der Waals surface area (Å²) in [6.45, 7) is 8.68. The summed E-state index contributed by atoms with van der Waals surface area (Å²) in [6.07, 6.45) is 3.58. The normalized spacial score (nSPS) is 12.8. The second kappa shape index (κ2) is 8.77. The Labute approximate surface area is 116 Å². The summed E-state index contributed by atoms with van der Waals surface area (Å²) >= 11 is 0. The average molecular weight is 272 g/mol. The van der Waals surface area contributed by atoms with Gasteiger partial charge in [-0.3, -0.25) is 4.79 Å². The van der Waals surface area contributed by atoms with Crippen LogP contribution in [0.15, 0.2) is 0 Å². The van der Waals surface area contributed by atoms with E-state index in [-0.39, 0.29) is 23.9 Å². The fourth-order valence-corrected chi connectivity index (χ4v) is 1.86. The van der Waals surface area contributed by atoms with Crippen LogP contribution in [0.3, 0.4) is 0 Å². The number of carbonyl (C=O) groups is 2. The highest BCUT2D eigenvalue weighted by atomic mass is 16.4. The van der Waals surface area contributed by atoms with Gasteiger partial charge in [0.1, 0.15) is 0 Å². The van der Waals surface area contributed by atoms with Gasteiger partial charge in [0.25, 0.3) is 0 Å². The Morgan fingerprint density at radius 3 is 2.42 bits per heavy atom. The number of carbonyl (C=O) groups excluding carboxylic acids is 1. The number of amides is 2. The van der Waals surface area contributed by atoms with Gasteiger partial charge in [-0.05, 0) is 31.6 Å². The Kier molecular flexibility index (Phi) is 8.19. The molecule has 0 aliphatic rings. The van der Waals surface area contributed by atoms with Crippen molar-refractivity contribution in [1.29, 1.82) is 0 Å². The highest BCUT2D eigenvalue weighted by Gasteiger charge is 2.19. The fraction of sp³-hybridized carbons (Fsp3) is 0.857. The number of urea groups is 1. The maximum Gasteiger partial charge on any atom is 0.314 e. The van der Waals surface area contributed by atoms with Crippen molar-refractivity contribution in [3.63, 3.8) is 0 Å². The molecule has 0 spiro atoms. The third-order valence-corrected chi connectivity index (χ3v) is 3.20. The van der Waals surface area contributed by atoms with Gasteiger partial charge in [0.05, 0.1) is 0 Å². The first-order valence-corrected chi connectivity index (χ1v) is 7.03. The van der Waals surface area contributed by atoms with E-state index in [1.54, 1.807) is 0 Å². The van der Waals surface area contributed by atoms with Crippen molar-refractivity contribution in [2.24, 2.45) is 5.41 Å². The highest BCUT2D eigenvalue weighted by Crippen LogP contribution is 2.25. The van der Waals surface area contributed by atoms with Crippen LogP contribution >= 0.6 is 0 Å². The largest absolute Gasteiger partial charge is 0.481 e. The second-order valence-corrected chi connectivity index (χ2v) is 5.90. The zero-order valence-electron chi connectivity index (χ0n) is 12.6.